The molecule has 1 aliphatic rings. The van der Waals surface area contributed by atoms with E-state index in [0.717, 1.165) is 34.3 Å². The molecule has 23 heavy (non-hydrogen) atoms. The van der Waals surface area contributed by atoms with Gasteiger partial charge in [0.1, 0.15) is 0 Å². The molecule has 4 rings (SSSR count). The number of aryl methyl sites for hydroxylation is 1. The molecule has 5 nitrogen and oxygen atoms in total. The van der Waals surface area contributed by atoms with Crippen molar-refractivity contribution in [1.82, 2.24) is 14.8 Å². The van der Waals surface area contributed by atoms with E-state index in [4.69, 9.17) is 4.98 Å². The summed E-state index contributed by atoms with van der Waals surface area (Å²) in [6.45, 7) is 0. The van der Waals surface area contributed by atoms with Crippen LogP contribution in [0.25, 0.3) is 22.6 Å². The van der Waals surface area contributed by atoms with E-state index in [0.29, 0.717) is 17.4 Å². The van der Waals surface area contributed by atoms with Crippen LogP contribution >= 0.6 is 0 Å². The van der Waals surface area contributed by atoms with E-state index < -0.39 is 5.97 Å². The predicted molar refractivity (Wildman–Crippen MR) is 88.1 cm³/mol. The Morgan fingerprint density at radius 2 is 2.13 bits per heavy atom. The predicted octanol–water partition coefficient (Wildman–Crippen LogP) is 3.15. The van der Waals surface area contributed by atoms with E-state index in [2.05, 4.69) is 5.10 Å². The molecule has 0 radical (unpaired) electrons. The Kier molecular flexibility index (Phi) is 3.01. The van der Waals surface area contributed by atoms with Gasteiger partial charge in [0.15, 0.2) is 0 Å². The zero-order valence-electron chi connectivity index (χ0n) is 12.7. The highest BCUT2D eigenvalue weighted by molar-refractivity contribution is 6.06. The second-order valence-electron chi connectivity index (χ2n) is 5.75. The number of carboxylic acids is 1. The third-order valence-corrected chi connectivity index (χ3v) is 4.22. The lowest BCUT2D eigenvalue weighted by Gasteiger charge is -2.08. The van der Waals surface area contributed by atoms with Crippen LogP contribution in [-0.4, -0.2) is 25.8 Å². The van der Waals surface area contributed by atoms with Crippen molar-refractivity contribution in [1.29, 1.82) is 0 Å². The van der Waals surface area contributed by atoms with Gasteiger partial charge in [0, 0.05) is 24.2 Å². The highest BCUT2D eigenvalue weighted by Crippen LogP contribution is 2.37. The quantitative estimate of drug-likeness (QED) is 0.789. The molecule has 3 aromatic rings. The van der Waals surface area contributed by atoms with Crippen molar-refractivity contribution in [2.75, 3.05) is 0 Å². The van der Waals surface area contributed by atoms with E-state index in [9.17, 15) is 9.90 Å². The number of fused-ring (bicyclic) bond motifs is 2. The lowest BCUT2D eigenvalue weighted by Crippen LogP contribution is -2.05. The molecule has 0 atom stereocenters. The first-order valence-corrected chi connectivity index (χ1v) is 7.48. The summed E-state index contributed by atoms with van der Waals surface area (Å²) in [7, 11) is 1.87. The summed E-state index contributed by atoms with van der Waals surface area (Å²) in [5.41, 5.74) is 4.84. The molecule has 2 aromatic heterocycles. The topological polar surface area (TPSA) is 68.0 Å². The van der Waals surface area contributed by atoms with Gasteiger partial charge >= 0.3 is 5.97 Å². The van der Waals surface area contributed by atoms with Crippen molar-refractivity contribution >= 4 is 28.5 Å². The van der Waals surface area contributed by atoms with Gasteiger partial charge in [-0.15, -0.1) is 0 Å². The molecule has 0 bridgehead atoms. The van der Waals surface area contributed by atoms with Gasteiger partial charge in [0.2, 0.25) is 0 Å². The Labute approximate surface area is 132 Å². The smallest absolute Gasteiger partial charge is 0.336 e. The number of aromatic nitrogens is 3. The summed E-state index contributed by atoms with van der Waals surface area (Å²) >= 11 is 0. The highest BCUT2D eigenvalue weighted by atomic mass is 16.4. The van der Waals surface area contributed by atoms with Gasteiger partial charge in [-0.3, -0.25) is 4.68 Å². The zero-order chi connectivity index (χ0) is 16.0. The third-order valence-electron chi connectivity index (χ3n) is 4.22. The molecule has 1 aromatic carbocycles. The summed E-state index contributed by atoms with van der Waals surface area (Å²) < 4.78 is 1.75. The van der Waals surface area contributed by atoms with E-state index >= 15 is 0 Å². The van der Waals surface area contributed by atoms with Crippen molar-refractivity contribution in [2.45, 2.75) is 12.8 Å². The van der Waals surface area contributed by atoms with Crippen LogP contribution in [0, 0.1) is 0 Å². The van der Waals surface area contributed by atoms with Gasteiger partial charge < -0.3 is 5.11 Å². The number of allylic oxidation sites excluding steroid dienone is 1. The second-order valence-corrected chi connectivity index (χ2v) is 5.75. The minimum absolute atomic E-state index is 0.389. The van der Waals surface area contributed by atoms with Gasteiger partial charge in [0.05, 0.1) is 23.0 Å². The van der Waals surface area contributed by atoms with Gasteiger partial charge in [-0.05, 0) is 36.1 Å². The summed E-state index contributed by atoms with van der Waals surface area (Å²) in [6.07, 6.45) is 7.29. The first-order valence-electron chi connectivity index (χ1n) is 7.48. The van der Waals surface area contributed by atoms with Crippen LogP contribution in [0.15, 0.2) is 36.7 Å². The fraction of sp³-hybridized carbons (Fsp3) is 0.167. The number of hydrogen-bond donors (Lipinski definition) is 1. The number of carbonyl (C=O) groups is 1. The fourth-order valence-corrected chi connectivity index (χ4v) is 3.24. The molecule has 0 spiro atoms. The van der Waals surface area contributed by atoms with Crippen molar-refractivity contribution in [3.05, 3.63) is 59.0 Å². The average molecular weight is 305 g/mol. The lowest BCUT2D eigenvalue weighted by atomic mass is 10.0. The Morgan fingerprint density at radius 3 is 2.87 bits per heavy atom. The van der Waals surface area contributed by atoms with Crippen LogP contribution in [-0.2, 0) is 13.5 Å². The maximum Gasteiger partial charge on any atom is 0.336 e. The molecule has 114 valence electrons. The van der Waals surface area contributed by atoms with Crippen LogP contribution in [0.2, 0.25) is 0 Å². The fourth-order valence-electron chi connectivity index (χ4n) is 3.24. The largest absolute Gasteiger partial charge is 0.478 e. The molecule has 5 heteroatoms. The minimum Gasteiger partial charge on any atom is -0.478 e. The number of nitrogens with zero attached hydrogens (tertiary/aromatic N) is 3. The number of pyridine rings is 1. The lowest BCUT2D eigenvalue weighted by molar-refractivity contribution is 0.0698. The second kappa shape index (κ2) is 5.05. The third kappa shape index (κ3) is 2.21. The van der Waals surface area contributed by atoms with Gasteiger partial charge in [-0.1, -0.05) is 18.2 Å². The Bertz CT molecular complexity index is 970. The van der Waals surface area contributed by atoms with Gasteiger partial charge in [-0.25, -0.2) is 9.78 Å². The minimum atomic E-state index is -0.887. The van der Waals surface area contributed by atoms with Crippen LogP contribution in [0.4, 0.5) is 0 Å². The van der Waals surface area contributed by atoms with Crippen LogP contribution < -0.4 is 0 Å². The first kappa shape index (κ1) is 13.7. The molecule has 0 saturated carbocycles. The van der Waals surface area contributed by atoms with Crippen LogP contribution in [0.1, 0.15) is 33.6 Å². The Morgan fingerprint density at radius 1 is 1.30 bits per heavy atom. The average Bonchev–Trinajstić information content (AvgIpc) is 3.11. The summed E-state index contributed by atoms with van der Waals surface area (Å²) in [5.74, 6) is -0.887. The summed E-state index contributed by atoms with van der Waals surface area (Å²) in [4.78, 5) is 16.5. The molecule has 1 aliphatic carbocycles. The van der Waals surface area contributed by atoms with Gasteiger partial charge in [0.25, 0.3) is 0 Å². The first-order chi connectivity index (χ1) is 11.1. The molecule has 0 saturated heterocycles. The standard InChI is InChI=1S/C18H15N3O2/c1-21-10-11(9-19-21)8-12-6-7-14-16(18(22)23)13-4-2-3-5-15(13)20-17(12)14/h2-5,8-10H,6-7H2,1H3,(H,22,23)/b12-8+. The molecule has 0 aliphatic heterocycles. The van der Waals surface area contributed by atoms with Crippen LogP contribution in [0.3, 0.4) is 0 Å². The summed E-state index contributed by atoms with van der Waals surface area (Å²) in [6, 6.07) is 7.42. The number of carboxylic acid groups (broad SMARTS) is 1. The number of aromatic carboxylic acids is 1. The molecule has 0 fully saturated rings. The van der Waals surface area contributed by atoms with E-state index in [-0.39, 0.29) is 0 Å². The number of hydrogen-bond acceptors (Lipinski definition) is 3. The van der Waals surface area contributed by atoms with Crippen molar-refractivity contribution < 1.29 is 9.90 Å². The monoisotopic (exact) mass is 305 g/mol. The molecular formula is C18H15N3O2. The van der Waals surface area contributed by atoms with E-state index in [1.54, 1.807) is 10.9 Å². The zero-order valence-corrected chi connectivity index (χ0v) is 12.7. The maximum absolute atomic E-state index is 11.8. The normalized spacial score (nSPS) is 15.3. The molecular weight excluding hydrogens is 290 g/mol. The van der Waals surface area contributed by atoms with E-state index in [1.165, 1.54) is 0 Å². The number of benzene rings is 1. The molecule has 0 amide bonds. The van der Waals surface area contributed by atoms with Crippen molar-refractivity contribution in [3.8, 4) is 0 Å². The van der Waals surface area contributed by atoms with E-state index in [1.807, 2.05) is 43.6 Å². The Hall–Kier alpha value is -2.95. The molecule has 1 N–H and O–H groups in total. The SMILES string of the molecule is Cn1cc(/C=C2\CCc3c2nc2ccccc2c3C(=O)O)cn1. The Balaban J connectivity index is 1.95. The number of rotatable bonds is 2. The molecule has 0 unspecified atom stereocenters. The highest BCUT2D eigenvalue weighted by Gasteiger charge is 2.26. The number of para-hydroxylation sites is 1. The summed E-state index contributed by atoms with van der Waals surface area (Å²) in [5, 5.41) is 14.5. The van der Waals surface area contributed by atoms with Gasteiger partial charge in [-0.2, -0.15) is 5.10 Å². The van der Waals surface area contributed by atoms with Crippen LogP contribution in [0.5, 0.6) is 0 Å². The van der Waals surface area contributed by atoms with Crippen molar-refractivity contribution in [2.24, 2.45) is 7.05 Å². The van der Waals surface area contributed by atoms with Crippen molar-refractivity contribution in [3.63, 3.8) is 0 Å². The molecule has 2 heterocycles. The maximum atomic E-state index is 11.8.